The van der Waals surface area contributed by atoms with Crippen LogP contribution in [0.1, 0.15) is 134 Å². The van der Waals surface area contributed by atoms with Gasteiger partial charge >= 0.3 is 0 Å². The maximum Gasteiger partial charge on any atom is 0.115 e. The molecule has 4 atom stereocenters. The molecule has 0 aliphatic heterocycles. The minimum Gasteiger partial charge on any atom is -0.257 e. The third kappa shape index (κ3) is 4.03. The van der Waals surface area contributed by atoms with Gasteiger partial charge in [-0.25, -0.2) is 9.97 Å². The molecule has 0 saturated carbocycles. The van der Waals surface area contributed by atoms with Crippen LogP contribution in [0.2, 0.25) is 0 Å². The van der Waals surface area contributed by atoms with E-state index in [0.29, 0.717) is 0 Å². The Morgan fingerprint density at radius 3 is 1.85 bits per heavy atom. The Morgan fingerprint density at radius 1 is 0.564 bits per heavy atom. The lowest BCUT2D eigenvalue weighted by molar-refractivity contribution is 0.250. The van der Waals surface area contributed by atoms with Gasteiger partial charge in [-0.15, -0.1) is 0 Å². The summed E-state index contributed by atoms with van der Waals surface area (Å²) in [5.74, 6) is 0. The largest absolute Gasteiger partial charge is 0.257 e. The van der Waals surface area contributed by atoms with Crippen LogP contribution in [0.15, 0.2) is 37.2 Å². The summed E-state index contributed by atoms with van der Waals surface area (Å²) in [5.41, 5.74) is 7.79. The molecule has 0 aromatic carbocycles. The van der Waals surface area contributed by atoms with Gasteiger partial charge in [-0.2, -0.15) is 10.2 Å². The van der Waals surface area contributed by atoms with Crippen LogP contribution >= 0.6 is 0 Å². The van der Waals surface area contributed by atoms with E-state index >= 15 is 0 Å². The predicted molar refractivity (Wildman–Crippen MR) is 154 cm³/mol. The second kappa shape index (κ2) is 8.37. The highest BCUT2D eigenvalue weighted by Gasteiger charge is 2.53. The van der Waals surface area contributed by atoms with E-state index < -0.39 is 0 Å². The molecule has 3 aromatic heterocycles. The SMILES string of the molecule is CC1(C)C[C@](C)(CC[C@@]2(C)C[C@](C)(CC[C@@]3(C)CC(C)(C)c4nccnc43)c3cncnc32)c2ccnnc21. The first kappa shape index (κ1) is 26.5. The molecule has 0 radical (unpaired) electrons. The Morgan fingerprint density at radius 2 is 1.13 bits per heavy atom. The molecule has 39 heavy (non-hydrogen) atoms. The summed E-state index contributed by atoms with van der Waals surface area (Å²) < 4.78 is 0. The van der Waals surface area contributed by atoms with Crippen molar-refractivity contribution in [3.8, 4) is 0 Å². The Hall–Kier alpha value is -2.76. The van der Waals surface area contributed by atoms with E-state index in [1.54, 1.807) is 6.33 Å². The summed E-state index contributed by atoms with van der Waals surface area (Å²) in [6, 6.07) is 2.21. The molecule has 0 fully saturated rings. The summed E-state index contributed by atoms with van der Waals surface area (Å²) in [7, 11) is 0. The van der Waals surface area contributed by atoms with Gasteiger partial charge in [0.25, 0.3) is 0 Å². The number of nitrogens with zero attached hydrogens (tertiary/aromatic N) is 6. The van der Waals surface area contributed by atoms with Gasteiger partial charge < -0.3 is 0 Å². The lowest BCUT2D eigenvalue weighted by atomic mass is 9.68. The number of fused-ring (bicyclic) bond motifs is 3. The Balaban J connectivity index is 1.26. The molecule has 0 spiro atoms. The molecule has 0 saturated heterocycles. The quantitative estimate of drug-likeness (QED) is 0.352. The molecule has 6 heteroatoms. The lowest BCUT2D eigenvalue weighted by Gasteiger charge is -2.35. The fourth-order valence-electron chi connectivity index (χ4n) is 9.15. The Kier molecular flexibility index (Phi) is 5.68. The van der Waals surface area contributed by atoms with E-state index in [4.69, 9.17) is 15.0 Å². The Labute approximate surface area is 233 Å². The van der Waals surface area contributed by atoms with Crippen LogP contribution in [0.4, 0.5) is 0 Å². The minimum absolute atomic E-state index is 0.0109. The molecule has 3 aromatic rings. The molecule has 6 nitrogen and oxygen atoms in total. The highest BCUT2D eigenvalue weighted by atomic mass is 15.1. The number of hydrogen-bond donors (Lipinski definition) is 0. The van der Waals surface area contributed by atoms with Crippen molar-refractivity contribution < 1.29 is 0 Å². The molecule has 0 unspecified atom stereocenters. The van der Waals surface area contributed by atoms with Gasteiger partial charge in [0.05, 0.1) is 22.8 Å². The van der Waals surface area contributed by atoms with Crippen molar-refractivity contribution in [2.75, 3.05) is 0 Å². The molecule has 0 amide bonds. The van der Waals surface area contributed by atoms with Crippen molar-refractivity contribution in [1.29, 1.82) is 0 Å². The molecule has 206 valence electrons. The first-order valence-electron chi connectivity index (χ1n) is 14.7. The van der Waals surface area contributed by atoms with Crippen LogP contribution in [-0.2, 0) is 32.5 Å². The second-order valence-electron chi connectivity index (χ2n) is 15.4. The van der Waals surface area contributed by atoms with E-state index in [0.717, 1.165) is 44.9 Å². The summed E-state index contributed by atoms with van der Waals surface area (Å²) in [6.45, 7) is 19.0. The van der Waals surface area contributed by atoms with Crippen molar-refractivity contribution in [1.82, 2.24) is 30.1 Å². The van der Waals surface area contributed by atoms with Crippen molar-refractivity contribution in [2.24, 2.45) is 0 Å². The van der Waals surface area contributed by atoms with Crippen LogP contribution in [-0.4, -0.2) is 30.1 Å². The topological polar surface area (TPSA) is 77.3 Å². The average Bonchev–Trinajstić information content (AvgIpc) is 3.36. The van der Waals surface area contributed by atoms with Gasteiger partial charge in [0.1, 0.15) is 6.33 Å². The van der Waals surface area contributed by atoms with E-state index in [-0.39, 0.29) is 32.5 Å². The van der Waals surface area contributed by atoms with E-state index in [1.165, 1.54) is 33.9 Å². The Bertz CT molecular complexity index is 1320. The lowest BCUT2D eigenvalue weighted by Crippen LogP contribution is -2.31. The first-order chi connectivity index (χ1) is 18.2. The van der Waals surface area contributed by atoms with E-state index in [2.05, 4.69) is 82.8 Å². The van der Waals surface area contributed by atoms with Gasteiger partial charge in [0, 0.05) is 46.4 Å². The van der Waals surface area contributed by atoms with Gasteiger partial charge in [0.15, 0.2) is 0 Å². The summed E-state index contributed by atoms with van der Waals surface area (Å²) >= 11 is 0. The molecular weight excluding hydrogens is 480 g/mol. The van der Waals surface area contributed by atoms with Crippen LogP contribution in [0.3, 0.4) is 0 Å². The first-order valence-corrected chi connectivity index (χ1v) is 14.7. The number of rotatable bonds is 6. The zero-order valence-electron chi connectivity index (χ0n) is 25.1. The van der Waals surface area contributed by atoms with Crippen molar-refractivity contribution in [3.63, 3.8) is 0 Å². The standard InChI is InChI=1S/C33H44N6/c1-28(2)18-30(5,22-9-14-38-39-24(22)28)10-13-33(8)20-31(6,23-17-34-21-37-25(23)33)11-12-32(7)19-29(3,4)26-27(32)36-16-15-35-26/h9,14-17,21H,10-13,18-20H2,1-8H3/t30-,31-,32-,33-/m0/s1. The van der Waals surface area contributed by atoms with Gasteiger partial charge in [-0.3, -0.25) is 9.97 Å². The monoisotopic (exact) mass is 524 g/mol. The molecule has 3 aliphatic carbocycles. The second-order valence-corrected chi connectivity index (χ2v) is 15.4. The molecule has 3 heterocycles. The van der Waals surface area contributed by atoms with Crippen molar-refractivity contribution >= 4 is 0 Å². The summed E-state index contributed by atoms with van der Waals surface area (Å²) in [4.78, 5) is 19.1. The van der Waals surface area contributed by atoms with E-state index in [9.17, 15) is 0 Å². The third-order valence-electron chi connectivity index (χ3n) is 10.8. The van der Waals surface area contributed by atoms with Gasteiger partial charge in [-0.05, 0) is 73.0 Å². The highest BCUT2D eigenvalue weighted by molar-refractivity contribution is 5.42. The third-order valence-corrected chi connectivity index (χ3v) is 10.8. The summed E-state index contributed by atoms with van der Waals surface area (Å²) in [6.07, 6.45) is 17.1. The molecule has 6 rings (SSSR count). The molecule has 0 N–H and O–H groups in total. The zero-order valence-corrected chi connectivity index (χ0v) is 25.1. The maximum atomic E-state index is 4.95. The van der Waals surface area contributed by atoms with E-state index in [1.807, 2.05) is 18.6 Å². The van der Waals surface area contributed by atoms with Crippen LogP contribution in [0.25, 0.3) is 0 Å². The minimum atomic E-state index is 0.0109. The fraction of sp³-hybridized carbons (Fsp3) is 0.636. The fourth-order valence-corrected chi connectivity index (χ4v) is 9.15. The van der Waals surface area contributed by atoms with Crippen LogP contribution < -0.4 is 0 Å². The summed E-state index contributed by atoms with van der Waals surface area (Å²) in [5, 5.41) is 8.80. The van der Waals surface area contributed by atoms with Crippen LogP contribution in [0, 0.1) is 0 Å². The molecule has 3 aliphatic rings. The maximum absolute atomic E-state index is 4.95. The molecular formula is C33H44N6. The van der Waals surface area contributed by atoms with Gasteiger partial charge in [-0.1, -0.05) is 55.4 Å². The van der Waals surface area contributed by atoms with Crippen molar-refractivity contribution in [2.45, 2.75) is 133 Å². The van der Waals surface area contributed by atoms with Crippen molar-refractivity contribution in [3.05, 3.63) is 71.1 Å². The van der Waals surface area contributed by atoms with Gasteiger partial charge in [0.2, 0.25) is 0 Å². The zero-order chi connectivity index (χ0) is 27.9. The predicted octanol–water partition coefficient (Wildman–Crippen LogP) is 6.81. The van der Waals surface area contributed by atoms with Crippen LogP contribution in [0.5, 0.6) is 0 Å². The number of hydrogen-bond acceptors (Lipinski definition) is 6. The smallest absolute Gasteiger partial charge is 0.115 e. The highest BCUT2D eigenvalue weighted by Crippen LogP contribution is 2.58. The molecule has 0 bridgehead atoms. The normalized spacial score (nSPS) is 33.5. The average molecular weight is 525 g/mol. The number of aromatic nitrogens is 6.